The SMILES string of the molecule is CC1=CC(=O)CC(C)(O)C2C(O)CC(C)(O)C2C(=O)C(C(C)C)CC1. The lowest BCUT2D eigenvalue weighted by atomic mass is 9.69. The first-order chi connectivity index (χ1) is 11.4. The Bertz CT molecular complexity index is 573. The predicted octanol–water partition coefficient (Wildman–Crippen LogP) is 2.03. The highest BCUT2D eigenvalue weighted by atomic mass is 16.3. The van der Waals surface area contributed by atoms with Gasteiger partial charge < -0.3 is 15.3 Å². The number of fused-ring (bicyclic) bond motifs is 1. The first-order valence-corrected chi connectivity index (χ1v) is 9.23. The van der Waals surface area contributed by atoms with Crippen LogP contribution in [0.4, 0.5) is 0 Å². The van der Waals surface area contributed by atoms with E-state index in [0.29, 0.717) is 12.8 Å². The lowest BCUT2D eigenvalue weighted by Crippen LogP contribution is -2.50. The summed E-state index contributed by atoms with van der Waals surface area (Å²) in [4.78, 5) is 25.7. The first kappa shape index (κ1) is 20.3. The van der Waals surface area contributed by atoms with Crippen molar-refractivity contribution in [1.82, 2.24) is 0 Å². The molecule has 0 saturated heterocycles. The van der Waals surface area contributed by atoms with E-state index in [0.717, 1.165) is 5.57 Å². The molecule has 0 heterocycles. The molecule has 2 aliphatic rings. The maximum Gasteiger partial charge on any atom is 0.158 e. The number of carbonyl (C=O) groups is 2. The highest BCUT2D eigenvalue weighted by Crippen LogP contribution is 2.49. The molecule has 0 bridgehead atoms. The summed E-state index contributed by atoms with van der Waals surface area (Å²) in [5, 5.41) is 32.4. The van der Waals surface area contributed by atoms with Crippen molar-refractivity contribution in [3.05, 3.63) is 11.6 Å². The fourth-order valence-corrected chi connectivity index (χ4v) is 4.83. The molecule has 0 amide bonds. The Morgan fingerprint density at radius 3 is 2.32 bits per heavy atom. The molecule has 6 atom stereocenters. The largest absolute Gasteiger partial charge is 0.393 e. The van der Waals surface area contributed by atoms with Crippen molar-refractivity contribution in [3.8, 4) is 0 Å². The summed E-state index contributed by atoms with van der Waals surface area (Å²) in [6, 6.07) is 0. The number of carbonyl (C=O) groups excluding carboxylic acids is 2. The van der Waals surface area contributed by atoms with Crippen LogP contribution < -0.4 is 0 Å². The Labute approximate surface area is 150 Å². The third-order valence-corrected chi connectivity index (χ3v) is 6.05. The molecular formula is C20H32O5. The second-order valence-corrected chi connectivity index (χ2v) is 8.91. The molecule has 5 heteroatoms. The standard InChI is InChI=1S/C20H32O5/c1-11(2)14-7-6-12(3)8-13(21)9-19(4,24)16-15(22)10-20(5,25)17(16)18(14)23/h8,11,14-17,22,24-25H,6-7,9-10H2,1-5H3. The Hall–Kier alpha value is -1.04. The van der Waals surface area contributed by atoms with Gasteiger partial charge in [0.1, 0.15) is 5.78 Å². The third-order valence-electron chi connectivity index (χ3n) is 6.05. The van der Waals surface area contributed by atoms with E-state index in [-0.39, 0.29) is 36.2 Å². The number of hydrogen-bond donors (Lipinski definition) is 3. The van der Waals surface area contributed by atoms with E-state index in [1.54, 1.807) is 6.92 Å². The van der Waals surface area contributed by atoms with Crippen LogP contribution in [-0.4, -0.2) is 44.2 Å². The third kappa shape index (κ3) is 4.04. The van der Waals surface area contributed by atoms with Gasteiger partial charge in [-0.2, -0.15) is 0 Å². The summed E-state index contributed by atoms with van der Waals surface area (Å²) < 4.78 is 0. The molecule has 0 spiro atoms. The molecule has 142 valence electrons. The van der Waals surface area contributed by atoms with Gasteiger partial charge in [0.2, 0.25) is 0 Å². The highest BCUT2D eigenvalue weighted by molar-refractivity contribution is 5.91. The van der Waals surface area contributed by atoms with Gasteiger partial charge in [0.05, 0.1) is 23.2 Å². The predicted molar refractivity (Wildman–Crippen MR) is 94.8 cm³/mol. The number of allylic oxidation sites excluding steroid dienone is 2. The van der Waals surface area contributed by atoms with Crippen LogP contribution >= 0.6 is 0 Å². The minimum absolute atomic E-state index is 0.0259. The van der Waals surface area contributed by atoms with Crippen molar-refractivity contribution in [1.29, 1.82) is 0 Å². The molecular weight excluding hydrogens is 320 g/mol. The zero-order chi connectivity index (χ0) is 19.2. The molecule has 1 saturated carbocycles. The summed E-state index contributed by atoms with van der Waals surface area (Å²) >= 11 is 0. The number of aliphatic hydroxyl groups is 3. The van der Waals surface area contributed by atoms with Gasteiger partial charge >= 0.3 is 0 Å². The van der Waals surface area contributed by atoms with Gasteiger partial charge in [-0.25, -0.2) is 0 Å². The van der Waals surface area contributed by atoms with E-state index in [1.165, 1.54) is 13.0 Å². The van der Waals surface area contributed by atoms with E-state index in [9.17, 15) is 24.9 Å². The molecule has 0 aromatic carbocycles. The van der Waals surface area contributed by atoms with E-state index in [2.05, 4.69) is 0 Å². The van der Waals surface area contributed by atoms with Crippen LogP contribution in [0.1, 0.15) is 60.3 Å². The second-order valence-electron chi connectivity index (χ2n) is 8.91. The van der Waals surface area contributed by atoms with Gasteiger partial charge in [-0.15, -0.1) is 0 Å². The topological polar surface area (TPSA) is 94.8 Å². The normalized spacial score (nSPS) is 43.6. The molecule has 0 aliphatic heterocycles. The Morgan fingerprint density at radius 2 is 1.76 bits per heavy atom. The summed E-state index contributed by atoms with van der Waals surface area (Å²) in [6.07, 6.45) is 1.60. The smallest absolute Gasteiger partial charge is 0.158 e. The fraction of sp³-hybridized carbons (Fsp3) is 0.800. The molecule has 2 rings (SSSR count). The van der Waals surface area contributed by atoms with Gasteiger partial charge in [0.15, 0.2) is 5.78 Å². The lowest BCUT2D eigenvalue weighted by Gasteiger charge is -2.39. The van der Waals surface area contributed by atoms with Gasteiger partial charge in [-0.3, -0.25) is 9.59 Å². The zero-order valence-electron chi connectivity index (χ0n) is 16.0. The van der Waals surface area contributed by atoms with Crippen molar-refractivity contribution in [2.75, 3.05) is 0 Å². The molecule has 0 aromatic rings. The first-order valence-electron chi connectivity index (χ1n) is 9.23. The summed E-state index contributed by atoms with van der Waals surface area (Å²) in [7, 11) is 0. The van der Waals surface area contributed by atoms with Crippen LogP contribution in [0.5, 0.6) is 0 Å². The van der Waals surface area contributed by atoms with Gasteiger partial charge in [-0.1, -0.05) is 19.4 Å². The maximum atomic E-state index is 13.3. The Morgan fingerprint density at radius 1 is 1.16 bits per heavy atom. The number of hydrogen-bond acceptors (Lipinski definition) is 5. The molecule has 0 radical (unpaired) electrons. The van der Waals surface area contributed by atoms with Crippen LogP contribution in [0, 0.1) is 23.7 Å². The minimum atomic E-state index is -1.56. The molecule has 3 N–H and O–H groups in total. The zero-order valence-corrected chi connectivity index (χ0v) is 16.0. The summed E-state index contributed by atoms with van der Waals surface area (Å²) in [5.74, 6) is -2.25. The molecule has 5 nitrogen and oxygen atoms in total. The average molecular weight is 352 g/mol. The van der Waals surface area contributed by atoms with E-state index >= 15 is 0 Å². The van der Waals surface area contributed by atoms with E-state index in [1.807, 2.05) is 20.8 Å². The molecule has 6 unspecified atom stereocenters. The van der Waals surface area contributed by atoms with Crippen molar-refractivity contribution in [2.45, 2.75) is 77.6 Å². The van der Waals surface area contributed by atoms with Crippen LogP contribution in [-0.2, 0) is 9.59 Å². The van der Waals surface area contributed by atoms with Crippen LogP contribution in [0.3, 0.4) is 0 Å². The minimum Gasteiger partial charge on any atom is -0.393 e. The molecule has 2 aliphatic carbocycles. The molecule has 25 heavy (non-hydrogen) atoms. The number of rotatable bonds is 1. The maximum absolute atomic E-state index is 13.3. The van der Waals surface area contributed by atoms with Crippen molar-refractivity contribution in [3.63, 3.8) is 0 Å². The quantitative estimate of drug-likeness (QED) is 0.671. The second kappa shape index (κ2) is 6.93. The Balaban J connectivity index is 2.55. The number of Topliss-reactive ketones (excluding diaryl/α,β-unsaturated/α-hetero) is 1. The Kier molecular flexibility index (Phi) is 5.62. The molecule has 1 fully saturated rings. The van der Waals surface area contributed by atoms with Gasteiger partial charge in [0.25, 0.3) is 0 Å². The van der Waals surface area contributed by atoms with Crippen LogP contribution in [0.25, 0.3) is 0 Å². The van der Waals surface area contributed by atoms with Crippen molar-refractivity contribution in [2.24, 2.45) is 23.7 Å². The summed E-state index contributed by atoms with van der Waals surface area (Å²) in [5.41, 5.74) is -2.06. The number of ketones is 2. The van der Waals surface area contributed by atoms with Crippen molar-refractivity contribution >= 4 is 11.6 Å². The summed E-state index contributed by atoms with van der Waals surface area (Å²) in [6.45, 7) is 8.85. The van der Waals surface area contributed by atoms with Crippen LogP contribution in [0.2, 0.25) is 0 Å². The fourth-order valence-electron chi connectivity index (χ4n) is 4.83. The van der Waals surface area contributed by atoms with Crippen molar-refractivity contribution < 1.29 is 24.9 Å². The van der Waals surface area contributed by atoms with Gasteiger partial charge in [-0.05, 0) is 45.6 Å². The highest BCUT2D eigenvalue weighted by Gasteiger charge is 2.59. The molecule has 0 aromatic heterocycles. The monoisotopic (exact) mass is 352 g/mol. The van der Waals surface area contributed by atoms with Crippen LogP contribution in [0.15, 0.2) is 11.6 Å². The van der Waals surface area contributed by atoms with Gasteiger partial charge in [0, 0.05) is 24.7 Å². The van der Waals surface area contributed by atoms with E-state index < -0.39 is 29.1 Å². The van der Waals surface area contributed by atoms with E-state index in [4.69, 9.17) is 0 Å². The number of aliphatic hydroxyl groups excluding tert-OH is 1. The average Bonchev–Trinajstić information content (AvgIpc) is 2.65. The lowest BCUT2D eigenvalue weighted by molar-refractivity contribution is -0.147.